The van der Waals surface area contributed by atoms with Gasteiger partial charge in [0.15, 0.2) is 0 Å². The molecule has 0 atom stereocenters. The molecule has 4 heteroatoms. The maximum Gasteiger partial charge on any atom is 0.302 e. The van der Waals surface area contributed by atoms with Crippen LogP contribution in [0.1, 0.15) is 22.4 Å². The third kappa shape index (κ3) is 4.49. The Kier molecular flexibility index (Phi) is 4.60. The summed E-state index contributed by atoms with van der Waals surface area (Å²) in [6.45, 7) is 1.71. The molecule has 0 aromatic carbocycles. The van der Waals surface area contributed by atoms with Crippen LogP contribution in [0.4, 0.5) is 0 Å². The molecule has 2 aromatic heterocycles. The minimum atomic E-state index is -0.276. The van der Waals surface area contributed by atoms with Crippen LogP contribution in [0.3, 0.4) is 0 Å². The monoisotopic (exact) mass is 272 g/mol. The second-order valence-electron chi connectivity index (χ2n) is 3.66. The Balaban J connectivity index is 1.91. The van der Waals surface area contributed by atoms with Gasteiger partial charge in [-0.1, -0.05) is 11.8 Å². The lowest BCUT2D eigenvalue weighted by Gasteiger charge is -1.96. The van der Waals surface area contributed by atoms with Crippen LogP contribution in [-0.4, -0.2) is 5.97 Å². The third-order valence-electron chi connectivity index (χ3n) is 2.15. The van der Waals surface area contributed by atoms with Gasteiger partial charge in [0, 0.05) is 11.8 Å². The molecule has 0 fully saturated rings. The van der Waals surface area contributed by atoms with Gasteiger partial charge in [-0.15, -0.1) is 11.3 Å². The van der Waals surface area contributed by atoms with Gasteiger partial charge in [-0.05, 0) is 36.4 Å². The molecule has 96 valence electrons. The molecule has 0 aliphatic heterocycles. The van der Waals surface area contributed by atoms with Crippen LogP contribution in [-0.2, 0) is 16.1 Å². The van der Waals surface area contributed by atoms with Gasteiger partial charge in [0.1, 0.15) is 12.4 Å². The maximum atomic E-state index is 10.7. The van der Waals surface area contributed by atoms with Crippen LogP contribution >= 0.6 is 11.3 Å². The predicted octanol–water partition coefficient (Wildman–Crippen LogP) is 3.47. The van der Waals surface area contributed by atoms with E-state index >= 15 is 0 Å². The van der Waals surface area contributed by atoms with Crippen molar-refractivity contribution in [3.05, 3.63) is 52.1 Å². The SMILES string of the molecule is CC(=O)OCc1ccc(C#C/C=C\c2ccco2)s1. The molecule has 2 aromatic rings. The van der Waals surface area contributed by atoms with E-state index in [2.05, 4.69) is 11.8 Å². The normalized spacial score (nSPS) is 10.2. The van der Waals surface area contributed by atoms with Crippen molar-refractivity contribution >= 4 is 23.4 Å². The van der Waals surface area contributed by atoms with E-state index in [0.717, 1.165) is 15.5 Å². The Labute approximate surface area is 115 Å². The van der Waals surface area contributed by atoms with Gasteiger partial charge >= 0.3 is 5.97 Å². The molecule has 2 heterocycles. The molecule has 19 heavy (non-hydrogen) atoms. The van der Waals surface area contributed by atoms with Gasteiger partial charge in [0.25, 0.3) is 0 Å². The van der Waals surface area contributed by atoms with E-state index in [1.165, 1.54) is 18.3 Å². The van der Waals surface area contributed by atoms with Crippen LogP contribution in [0.15, 0.2) is 41.0 Å². The predicted molar refractivity (Wildman–Crippen MR) is 74.4 cm³/mol. The van der Waals surface area contributed by atoms with Crippen LogP contribution in [0, 0.1) is 11.8 Å². The van der Waals surface area contributed by atoms with Crippen molar-refractivity contribution < 1.29 is 13.9 Å². The van der Waals surface area contributed by atoms with Crippen LogP contribution in [0.5, 0.6) is 0 Å². The molecule has 0 aliphatic rings. The Morgan fingerprint density at radius 3 is 3.11 bits per heavy atom. The highest BCUT2D eigenvalue weighted by atomic mass is 32.1. The first kappa shape index (κ1) is 13.2. The number of thiophene rings is 1. The summed E-state index contributed by atoms with van der Waals surface area (Å²) in [5.74, 6) is 6.44. The highest BCUT2D eigenvalue weighted by Crippen LogP contribution is 2.16. The first-order valence-corrected chi connectivity index (χ1v) is 6.49. The lowest BCUT2D eigenvalue weighted by Crippen LogP contribution is -1.96. The van der Waals surface area contributed by atoms with Crippen LogP contribution < -0.4 is 0 Å². The topological polar surface area (TPSA) is 39.4 Å². The van der Waals surface area contributed by atoms with Crippen molar-refractivity contribution in [1.29, 1.82) is 0 Å². The van der Waals surface area contributed by atoms with E-state index < -0.39 is 0 Å². The zero-order valence-corrected chi connectivity index (χ0v) is 11.2. The van der Waals surface area contributed by atoms with Crippen molar-refractivity contribution in [3.8, 4) is 11.8 Å². The largest absolute Gasteiger partial charge is 0.465 e. The van der Waals surface area contributed by atoms with Crippen molar-refractivity contribution in [2.45, 2.75) is 13.5 Å². The molecule has 0 saturated carbocycles. The first-order chi connectivity index (χ1) is 9.24. The van der Waals surface area contributed by atoms with E-state index in [9.17, 15) is 4.79 Å². The molecule has 0 N–H and O–H groups in total. The van der Waals surface area contributed by atoms with E-state index in [-0.39, 0.29) is 5.97 Å². The second-order valence-corrected chi connectivity index (χ2v) is 4.83. The van der Waals surface area contributed by atoms with Crippen molar-refractivity contribution in [3.63, 3.8) is 0 Å². The lowest BCUT2D eigenvalue weighted by atomic mass is 10.4. The number of carbonyl (C=O) groups excluding carboxylic acids is 1. The minimum Gasteiger partial charge on any atom is -0.465 e. The summed E-state index contributed by atoms with van der Waals surface area (Å²) in [5.41, 5.74) is 0. The molecule has 0 radical (unpaired) electrons. The Hall–Kier alpha value is -2.25. The number of esters is 1. The standard InChI is InChI=1S/C15H12O3S/c1-12(16)18-11-15-9-8-14(19-15)7-3-2-5-13-6-4-10-17-13/h2,4-6,8-10H,11H2,1H3/b5-2-. The molecule has 2 rings (SSSR count). The van der Waals surface area contributed by atoms with Crippen LogP contribution in [0.2, 0.25) is 0 Å². The highest BCUT2D eigenvalue weighted by molar-refractivity contribution is 7.12. The third-order valence-corrected chi connectivity index (χ3v) is 3.12. The fourth-order valence-corrected chi connectivity index (χ4v) is 2.10. The van der Waals surface area contributed by atoms with E-state index in [1.54, 1.807) is 18.4 Å². The Morgan fingerprint density at radius 2 is 2.37 bits per heavy atom. The molecule has 0 bridgehead atoms. The number of ether oxygens (including phenoxy) is 1. The van der Waals surface area contributed by atoms with Crippen molar-refractivity contribution in [2.75, 3.05) is 0 Å². The lowest BCUT2D eigenvalue weighted by molar-refractivity contribution is -0.142. The van der Waals surface area contributed by atoms with Crippen LogP contribution in [0.25, 0.3) is 6.08 Å². The molecule has 0 spiro atoms. The van der Waals surface area contributed by atoms with Gasteiger partial charge in [0.05, 0.1) is 11.1 Å². The average Bonchev–Trinajstić information content (AvgIpc) is 3.04. The maximum absolute atomic E-state index is 10.7. The number of allylic oxidation sites excluding steroid dienone is 1. The number of hydrogen-bond donors (Lipinski definition) is 0. The molecular formula is C15H12O3S. The van der Waals surface area contributed by atoms with E-state index in [1.807, 2.05) is 24.3 Å². The first-order valence-electron chi connectivity index (χ1n) is 5.68. The summed E-state index contributed by atoms with van der Waals surface area (Å²) in [5, 5.41) is 0. The fraction of sp³-hybridized carbons (Fsp3) is 0.133. The Morgan fingerprint density at radius 1 is 1.47 bits per heavy atom. The summed E-state index contributed by atoms with van der Waals surface area (Å²) in [4.78, 5) is 12.6. The van der Waals surface area contributed by atoms with Gasteiger partial charge in [-0.3, -0.25) is 4.79 Å². The molecule has 3 nitrogen and oxygen atoms in total. The average molecular weight is 272 g/mol. The fourth-order valence-electron chi connectivity index (χ4n) is 1.32. The molecule has 0 saturated heterocycles. The summed E-state index contributed by atoms with van der Waals surface area (Å²) in [6, 6.07) is 7.51. The van der Waals surface area contributed by atoms with Gasteiger partial charge < -0.3 is 9.15 Å². The number of furan rings is 1. The number of hydrogen-bond acceptors (Lipinski definition) is 4. The van der Waals surface area contributed by atoms with Gasteiger partial charge in [-0.25, -0.2) is 0 Å². The summed E-state index contributed by atoms with van der Waals surface area (Å²) >= 11 is 1.51. The highest BCUT2D eigenvalue weighted by Gasteiger charge is 1.99. The minimum absolute atomic E-state index is 0.276. The number of carbonyl (C=O) groups is 1. The molecule has 0 aliphatic carbocycles. The van der Waals surface area contributed by atoms with E-state index in [4.69, 9.17) is 9.15 Å². The smallest absolute Gasteiger partial charge is 0.302 e. The summed E-state index contributed by atoms with van der Waals surface area (Å²) < 4.78 is 10.1. The Bertz CT molecular complexity index is 624. The number of rotatable bonds is 3. The quantitative estimate of drug-likeness (QED) is 0.634. The zero-order valence-electron chi connectivity index (χ0n) is 10.4. The molecule has 0 amide bonds. The summed E-state index contributed by atoms with van der Waals surface area (Å²) in [6.07, 6.45) is 5.17. The summed E-state index contributed by atoms with van der Waals surface area (Å²) in [7, 11) is 0. The van der Waals surface area contributed by atoms with Crippen molar-refractivity contribution in [2.24, 2.45) is 0 Å². The molecular weight excluding hydrogens is 260 g/mol. The van der Waals surface area contributed by atoms with Gasteiger partial charge in [0.2, 0.25) is 0 Å². The van der Waals surface area contributed by atoms with Gasteiger partial charge in [-0.2, -0.15) is 0 Å². The zero-order chi connectivity index (χ0) is 13.5. The van der Waals surface area contributed by atoms with E-state index in [0.29, 0.717) is 6.61 Å². The molecule has 0 unspecified atom stereocenters. The second kappa shape index (κ2) is 6.62. The van der Waals surface area contributed by atoms with Crippen molar-refractivity contribution in [1.82, 2.24) is 0 Å².